The maximum absolute atomic E-state index is 12.7. The number of benzene rings is 1. The van der Waals surface area contributed by atoms with Crippen molar-refractivity contribution >= 4 is 35.0 Å². The number of aromatic nitrogens is 1. The summed E-state index contributed by atoms with van der Waals surface area (Å²) in [6, 6.07) is 8.31. The molecular formula is C24H25Cl2N3O3. The number of hydrogen-bond donors (Lipinski definition) is 2. The molecule has 0 radical (unpaired) electrons. The summed E-state index contributed by atoms with van der Waals surface area (Å²) in [5.74, 6) is 1.86. The van der Waals surface area contributed by atoms with Gasteiger partial charge in [-0.2, -0.15) is 0 Å². The second-order valence-electron chi connectivity index (χ2n) is 9.49. The first-order valence-corrected chi connectivity index (χ1v) is 11.8. The molecule has 4 fully saturated rings. The molecule has 2 N–H and O–H groups in total. The SMILES string of the molecule is O=C(COc1ccc(Cl)cc1Cl)NNC(=O)c1ccnc(C23CC4CC(CC(C4)C2)C3)c1. The Morgan fingerprint density at radius 3 is 2.34 bits per heavy atom. The number of nitrogens with zero attached hydrogens (tertiary/aromatic N) is 1. The van der Waals surface area contributed by atoms with Gasteiger partial charge in [0.1, 0.15) is 5.75 Å². The number of carbonyl (C=O) groups is 2. The van der Waals surface area contributed by atoms with E-state index in [-0.39, 0.29) is 17.9 Å². The van der Waals surface area contributed by atoms with E-state index < -0.39 is 5.91 Å². The highest BCUT2D eigenvalue weighted by Crippen LogP contribution is 2.60. The number of hydrazine groups is 1. The Hall–Kier alpha value is -2.31. The van der Waals surface area contributed by atoms with E-state index in [9.17, 15) is 9.59 Å². The maximum atomic E-state index is 12.7. The van der Waals surface area contributed by atoms with Crippen molar-refractivity contribution in [1.82, 2.24) is 15.8 Å². The molecule has 4 saturated carbocycles. The number of carbonyl (C=O) groups excluding carboxylic acids is 2. The summed E-state index contributed by atoms with van der Waals surface area (Å²) >= 11 is 11.9. The van der Waals surface area contributed by atoms with Gasteiger partial charge in [-0.05, 0) is 86.6 Å². The molecule has 32 heavy (non-hydrogen) atoms. The van der Waals surface area contributed by atoms with Crippen molar-refractivity contribution in [2.24, 2.45) is 17.8 Å². The second kappa shape index (κ2) is 8.56. The highest BCUT2D eigenvalue weighted by atomic mass is 35.5. The predicted molar refractivity (Wildman–Crippen MR) is 122 cm³/mol. The molecule has 0 saturated heterocycles. The van der Waals surface area contributed by atoms with Crippen LogP contribution in [0.2, 0.25) is 10.0 Å². The van der Waals surface area contributed by atoms with Gasteiger partial charge >= 0.3 is 0 Å². The summed E-state index contributed by atoms with van der Waals surface area (Å²) in [5.41, 5.74) is 6.47. The zero-order chi connectivity index (χ0) is 22.3. The molecule has 1 heterocycles. The molecule has 8 heteroatoms. The molecule has 0 aliphatic heterocycles. The van der Waals surface area contributed by atoms with Crippen LogP contribution in [0.3, 0.4) is 0 Å². The van der Waals surface area contributed by atoms with E-state index >= 15 is 0 Å². The molecule has 0 spiro atoms. The highest BCUT2D eigenvalue weighted by Gasteiger charge is 2.52. The first-order chi connectivity index (χ1) is 15.4. The van der Waals surface area contributed by atoms with Gasteiger partial charge in [0.25, 0.3) is 11.8 Å². The highest BCUT2D eigenvalue weighted by molar-refractivity contribution is 6.35. The summed E-state index contributed by atoms with van der Waals surface area (Å²) in [6.07, 6.45) is 9.31. The lowest BCUT2D eigenvalue weighted by molar-refractivity contribution is -0.123. The van der Waals surface area contributed by atoms with Crippen molar-refractivity contribution in [3.05, 3.63) is 57.8 Å². The Morgan fingerprint density at radius 2 is 1.69 bits per heavy atom. The number of amides is 2. The normalized spacial score (nSPS) is 27.8. The van der Waals surface area contributed by atoms with Gasteiger partial charge in [-0.1, -0.05) is 23.2 Å². The third-order valence-corrected chi connectivity index (χ3v) is 7.70. The number of pyridine rings is 1. The molecule has 4 bridgehead atoms. The molecule has 0 unspecified atom stereocenters. The van der Waals surface area contributed by atoms with Crippen molar-refractivity contribution in [2.45, 2.75) is 43.9 Å². The van der Waals surface area contributed by atoms with E-state index in [1.807, 2.05) is 6.07 Å². The Bertz CT molecular complexity index is 1020. The third kappa shape index (κ3) is 4.30. The van der Waals surface area contributed by atoms with Crippen LogP contribution in [-0.2, 0) is 10.2 Å². The molecule has 4 aliphatic carbocycles. The quantitative estimate of drug-likeness (QED) is 0.616. The van der Waals surface area contributed by atoms with Crippen LogP contribution in [0.25, 0.3) is 0 Å². The largest absolute Gasteiger partial charge is 0.482 e. The van der Waals surface area contributed by atoms with E-state index in [4.69, 9.17) is 27.9 Å². The number of rotatable bonds is 5. The minimum absolute atomic E-state index is 0.111. The van der Waals surface area contributed by atoms with E-state index in [2.05, 4.69) is 15.8 Å². The van der Waals surface area contributed by atoms with Gasteiger partial charge < -0.3 is 4.74 Å². The minimum atomic E-state index is -0.500. The summed E-state index contributed by atoms with van der Waals surface area (Å²) in [5, 5.41) is 0.785. The van der Waals surface area contributed by atoms with Crippen LogP contribution in [0.1, 0.15) is 54.6 Å². The molecule has 1 aromatic heterocycles. The van der Waals surface area contributed by atoms with Gasteiger partial charge in [-0.3, -0.25) is 25.4 Å². The second-order valence-corrected chi connectivity index (χ2v) is 10.3. The molecule has 2 aromatic rings. The molecule has 0 atom stereocenters. The van der Waals surface area contributed by atoms with Crippen LogP contribution in [0.4, 0.5) is 0 Å². The topological polar surface area (TPSA) is 80.3 Å². The van der Waals surface area contributed by atoms with Gasteiger partial charge in [0, 0.05) is 27.9 Å². The van der Waals surface area contributed by atoms with Crippen molar-refractivity contribution in [2.75, 3.05) is 6.61 Å². The number of nitrogens with one attached hydrogen (secondary N) is 2. The molecule has 168 valence electrons. The fourth-order valence-corrected chi connectivity index (χ4v) is 6.72. The standard InChI is InChI=1S/C24H25Cl2N3O3/c25-18-1-2-20(19(26)9-18)32-13-22(30)28-29-23(31)17-3-4-27-21(8-17)24-10-14-5-15(11-24)7-16(6-14)12-24/h1-4,8-9,14-16H,5-7,10-13H2,(H,28,30)(H,29,31). The average molecular weight is 474 g/mol. The molecule has 2 amide bonds. The van der Waals surface area contributed by atoms with Crippen molar-refractivity contribution in [1.29, 1.82) is 0 Å². The molecule has 1 aromatic carbocycles. The van der Waals surface area contributed by atoms with E-state index in [1.165, 1.54) is 44.6 Å². The minimum Gasteiger partial charge on any atom is -0.482 e. The lowest BCUT2D eigenvalue weighted by Crippen LogP contribution is -2.49. The van der Waals surface area contributed by atoms with Crippen molar-refractivity contribution in [3.63, 3.8) is 0 Å². The zero-order valence-electron chi connectivity index (χ0n) is 17.6. The van der Waals surface area contributed by atoms with Crippen molar-refractivity contribution in [3.8, 4) is 5.75 Å². The van der Waals surface area contributed by atoms with Crippen LogP contribution in [0.5, 0.6) is 5.75 Å². The van der Waals surface area contributed by atoms with Crippen LogP contribution in [0.15, 0.2) is 36.5 Å². The lowest BCUT2D eigenvalue weighted by atomic mass is 9.48. The van der Waals surface area contributed by atoms with Crippen molar-refractivity contribution < 1.29 is 14.3 Å². The van der Waals surface area contributed by atoms with E-state index in [0.29, 0.717) is 21.4 Å². The zero-order valence-corrected chi connectivity index (χ0v) is 19.1. The summed E-state index contributed by atoms with van der Waals surface area (Å²) in [7, 11) is 0. The van der Waals surface area contributed by atoms with E-state index in [1.54, 1.807) is 24.4 Å². The average Bonchev–Trinajstić information content (AvgIpc) is 2.76. The van der Waals surface area contributed by atoms with Crippen LogP contribution >= 0.6 is 23.2 Å². The van der Waals surface area contributed by atoms with Gasteiger partial charge in [0.05, 0.1) is 5.02 Å². The summed E-state index contributed by atoms with van der Waals surface area (Å²) in [6.45, 7) is -0.295. The Balaban J connectivity index is 1.19. The number of halogens is 2. The smallest absolute Gasteiger partial charge is 0.276 e. The van der Waals surface area contributed by atoms with Gasteiger partial charge in [-0.25, -0.2) is 0 Å². The maximum Gasteiger partial charge on any atom is 0.276 e. The first-order valence-electron chi connectivity index (χ1n) is 11.0. The molecular weight excluding hydrogens is 449 g/mol. The fourth-order valence-electron chi connectivity index (χ4n) is 6.26. The third-order valence-electron chi connectivity index (χ3n) is 7.17. The van der Waals surface area contributed by atoms with Crippen LogP contribution in [0, 0.1) is 17.8 Å². The van der Waals surface area contributed by atoms with Crippen LogP contribution < -0.4 is 15.6 Å². The predicted octanol–water partition coefficient (Wildman–Crippen LogP) is 4.70. The fraction of sp³-hybridized carbons (Fsp3) is 0.458. The summed E-state index contributed by atoms with van der Waals surface area (Å²) < 4.78 is 5.38. The Morgan fingerprint density at radius 1 is 1.00 bits per heavy atom. The van der Waals surface area contributed by atoms with Crippen LogP contribution in [-0.4, -0.2) is 23.4 Å². The molecule has 6 nitrogen and oxygen atoms in total. The Kier molecular flexibility index (Phi) is 5.76. The van der Waals surface area contributed by atoms with Gasteiger partial charge in [-0.15, -0.1) is 0 Å². The van der Waals surface area contributed by atoms with Gasteiger partial charge in [0.15, 0.2) is 6.61 Å². The van der Waals surface area contributed by atoms with E-state index in [0.717, 1.165) is 23.4 Å². The first kappa shape index (κ1) is 21.5. The Labute approximate surface area is 197 Å². The number of hydrogen-bond acceptors (Lipinski definition) is 4. The lowest BCUT2D eigenvalue weighted by Gasteiger charge is -2.56. The number of ether oxygens (including phenoxy) is 1. The molecule has 4 aliphatic rings. The monoisotopic (exact) mass is 473 g/mol. The molecule has 6 rings (SSSR count). The van der Waals surface area contributed by atoms with Gasteiger partial charge in [0.2, 0.25) is 0 Å². The summed E-state index contributed by atoms with van der Waals surface area (Å²) in [4.78, 5) is 29.4.